The Labute approximate surface area is 93.7 Å². The molecule has 15 heavy (non-hydrogen) atoms. The topological polar surface area (TPSA) is 51.2 Å². The fourth-order valence-electron chi connectivity index (χ4n) is 1.32. The van der Waals surface area contributed by atoms with Crippen LogP contribution in [0.5, 0.6) is 0 Å². The van der Waals surface area contributed by atoms with Crippen molar-refractivity contribution in [3.05, 3.63) is 16.6 Å². The van der Waals surface area contributed by atoms with E-state index >= 15 is 0 Å². The molecule has 0 saturated heterocycles. The Morgan fingerprint density at radius 2 is 2.47 bits per heavy atom. The Morgan fingerprint density at radius 3 is 2.93 bits per heavy atom. The number of nitrogens with zero attached hydrogens (tertiary/aromatic N) is 1. The van der Waals surface area contributed by atoms with E-state index in [-0.39, 0.29) is 18.1 Å². The van der Waals surface area contributed by atoms with E-state index in [9.17, 15) is 4.79 Å². The molecule has 0 radical (unpaired) electrons. The summed E-state index contributed by atoms with van der Waals surface area (Å²) in [6.07, 6.45) is 2.67. The Hall–Kier alpha value is -0.940. The van der Waals surface area contributed by atoms with E-state index in [1.54, 1.807) is 24.5 Å². The molecule has 0 bridgehead atoms. The molecule has 2 atom stereocenters. The minimum Gasteiger partial charge on any atom is -0.468 e. The van der Waals surface area contributed by atoms with Crippen LogP contribution in [0.15, 0.2) is 11.6 Å². The summed E-state index contributed by atoms with van der Waals surface area (Å²) in [4.78, 5) is 15.5. The number of hydrogen-bond donors (Lipinski definition) is 1. The van der Waals surface area contributed by atoms with Crippen LogP contribution >= 0.6 is 11.3 Å². The number of ether oxygens (including phenoxy) is 1. The zero-order valence-electron chi connectivity index (χ0n) is 9.19. The fourth-order valence-corrected chi connectivity index (χ4v) is 2.10. The largest absolute Gasteiger partial charge is 0.468 e. The molecular formula is C10H16N2O2S. The number of nitrogens with one attached hydrogen (secondary N) is 1. The summed E-state index contributed by atoms with van der Waals surface area (Å²) in [6.45, 7) is 3.85. The van der Waals surface area contributed by atoms with Gasteiger partial charge in [-0.2, -0.15) is 0 Å². The lowest BCUT2D eigenvalue weighted by molar-refractivity contribution is -0.142. The molecule has 0 saturated carbocycles. The number of aromatic nitrogens is 1. The van der Waals surface area contributed by atoms with Gasteiger partial charge in [-0.1, -0.05) is 6.92 Å². The van der Waals surface area contributed by atoms with E-state index in [1.165, 1.54) is 7.11 Å². The van der Waals surface area contributed by atoms with Gasteiger partial charge in [-0.25, -0.2) is 4.98 Å². The Morgan fingerprint density at radius 1 is 1.73 bits per heavy atom. The van der Waals surface area contributed by atoms with Crippen molar-refractivity contribution in [1.82, 2.24) is 10.3 Å². The Kier molecular flexibility index (Phi) is 4.71. The zero-order chi connectivity index (χ0) is 11.3. The van der Waals surface area contributed by atoms with E-state index in [0.29, 0.717) is 0 Å². The molecule has 84 valence electrons. The van der Waals surface area contributed by atoms with Gasteiger partial charge in [-0.15, -0.1) is 11.3 Å². The maximum absolute atomic E-state index is 11.2. The van der Waals surface area contributed by atoms with Crippen molar-refractivity contribution in [2.24, 2.45) is 0 Å². The molecular weight excluding hydrogens is 212 g/mol. The molecule has 0 aromatic carbocycles. The van der Waals surface area contributed by atoms with Crippen molar-refractivity contribution in [1.29, 1.82) is 0 Å². The first-order valence-electron chi connectivity index (χ1n) is 4.92. The molecule has 0 aliphatic carbocycles. The lowest BCUT2D eigenvalue weighted by Crippen LogP contribution is -2.37. The van der Waals surface area contributed by atoms with Gasteiger partial charge < -0.3 is 4.74 Å². The molecule has 1 rings (SSSR count). The van der Waals surface area contributed by atoms with Gasteiger partial charge in [0.25, 0.3) is 0 Å². The van der Waals surface area contributed by atoms with Crippen LogP contribution in [0.25, 0.3) is 0 Å². The molecule has 1 aromatic heterocycles. The third-order valence-electron chi connectivity index (χ3n) is 2.16. The fraction of sp³-hybridized carbons (Fsp3) is 0.600. The molecule has 0 spiro atoms. The third-order valence-corrected chi connectivity index (χ3v) is 3.05. The van der Waals surface area contributed by atoms with E-state index in [0.717, 1.165) is 11.4 Å². The van der Waals surface area contributed by atoms with Crippen LogP contribution < -0.4 is 5.32 Å². The summed E-state index contributed by atoms with van der Waals surface area (Å²) < 4.78 is 4.66. The summed E-state index contributed by atoms with van der Waals surface area (Å²) >= 11 is 1.59. The number of carbonyl (C=O) groups is 1. The van der Waals surface area contributed by atoms with Gasteiger partial charge in [0, 0.05) is 11.6 Å². The second kappa shape index (κ2) is 5.82. The standard InChI is InChI=1S/C10H16N2O2S/c1-4-8(9-11-5-6-15-9)12-7(2)10(13)14-3/h5-8,12H,4H2,1-3H3. The van der Waals surface area contributed by atoms with Gasteiger partial charge in [0.2, 0.25) is 0 Å². The van der Waals surface area contributed by atoms with Crippen LogP contribution in [0.2, 0.25) is 0 Å². The van der Waals surface area contributed by atoms with Gasteiger partial charge in [0.05, 0.1) is 13.2 Å². The second-order valence-electron chi connectivity index (χ2n) is 3.24. The highest BCUT2D eigenvalue weighted by molar-refractivity contribution is 7.09. The monoisotopic (exact) mass is 228 g/mol. The van der Waals surface area contributed by atoms with E-state index in [4.69, 9.17) is 0 Å². The first kappa shape index (κ1) is 12.1. The summed E-state index contributed by atoms with van der Waals surface area (Å²) in [5.74, 6) is -0.245. The molecule has 1 N–H and O–H groups in total. The molecule has 2 unspecified atom stereocenters. The summed E-state index contributed by atoms with van der Waals surface area (Å²) in [5, 5.41) is 6.13. The zero-order valence-corrected chi connectivity index (χ0v) is 10.0. The number of methoxy groups -OCH3 is 1. The van der Waals surface area contributed by atoms with Crippen molar-refractivity contribution in [3.8, 4) is 0 Å². The normalized spacial score (nSPS) is 14.6. The summed E-state index contributed by atoms with van der Waals surface area (Å²) in [6, 6.07) is -0.178. The maximum atomic E-state index is 11.2. The van der Waals surface area contributed by atoms with E-state index in [2.05, 4.69) is 22.0 Å². The van der Waals surface area contributed by atoms with E-state index in [1.807, 2.05) is 5.38 Å². The number of rotatable bonds is 5. The van der Waals surface area contributed by atoms with Crippen LogP contribution in [0.1, 0.15) is 31.3 Å². The Bertz CT molecular complexity index is 300. The smallest absolute Gasteiger partial charge is 0.322 e. The number of esters is 1. The van der Waals surface area contributed by atoms with Crippen molar-refractivity contribution in [2.45, 2.75) is 32.4 Å². The van der Waals surface area contributed by atoms with Gasteiger partial charge in [0.15, 0.2) is 0 Å². The summed E-state index contributed by atoms with van der Waals surface area (Å²) in [5.41, 5.74) is 0. The first-order chi connectivity index (χ1) is 7.19. The highest BCUT2D eigenvalue weighted by atomic mass is 32.1. The van der Waals surface area contributed by atoms with Gasteiger partial charge in [-0.3, -0.25) is 10.1 Å². The molecule has 1 heterocycles. The van der Waals surface area contributed by atoms with Gasteiger partial charge in [0.1, 0.15) is 11.0 Å². The molecule has 4 nitrogen and oxygen atoms in total. The number of carbonyl (C=O) groups excluding carboxylic acids is 1. The SMILES string of the molecule is CCC(NC(C)C(=O)OC)c1nccs1. The first-order valence-corrected chi connectivity index (χ1v) is 5.80. The minimum absolute atomic E-state index is 0.124. The lowest BCUT2D eigenvalue weighted by Gasteiger charge is -2.18. The van der Waals surface area contributed by atoms with E-state index < -0.39 is 0 Å². The van der Waals surface area contributed by atoms with Crippen molar-refractivity contribution in [3.63, 3.8) is 0 Å². The van der Waals surface area contributed by atoms with Crippen LogP contribution in [0.3, 0.4) is 0 Å². The number of hydrogen-bond acceptors (Lipinski definition) is 5. The van der Waals surface area contributed by atoms with Crippen LogP contribution in [0.4, 0.5) is 0 Å². The molecule has 0 amide bonds. The molecule has 0 aliphatic rings. The quantitative estimate of drug-likeness (QED) is 0.780. The van der Waals surface area contributed by atoms with Gasteiger partial charge >= 0.3 is 5.97 Å². The average molecular weight is 228 g/mol. The molecule has 0 fully saturated rings. The summed E-state index contributed by atoms with van der Waals surface area (Å²) in [7, 11) is 1.39. The van der Waals surface area contributed by atoms with Crippen LogP contribution in [-0.4, -0.2) is 24.1 Å². The van der Waals surface area contributed by atoms with Gasteiger partial charge in [-0.05, 0) is 13.3 Å². The highest BCUT2D eigenvalue weighted by Crippen LogP contribution is 2.19. The predicted molar refractivity (Wildman–Crippen MR) is 59.8 cm³/mol. The number of thiazole rings is 1. The van der Waals surface area contributed by atoms with Crippen molar-refractivity contribution in [2.75, 3.05) is 7.11 Å². The predicted octanol–water partition coefficient (Wildman–Crippen LogP) is 1.75. The maximum Gasteiger partial charge on any atom is 0.322 e. The van der Waals surface area contributed by atoms with Crippen LogP contribution in [0, 0.1) is 0 Å². The molecule has 0 aliphatic heterocycles. The third kappa shape index (κ3) is 3.28. The average Bonchev–Trinajstić information content (AvgIpc) is 2.77. The Balaban J connectivity index is 2.58. The van der Waals surface area contributed by atoms with Crippen LogP contribution in [-0.2, 0) is 9.53 Å². The molecule has 5 heteroatoms. The van der Waals surface area contributed by atoms with Crippen molar-refractivity contribution < 1.29 is 9.53 Å². The molecule has 1 aromatic rings. The second-order valence-corrected chi connectivity index (χ2v) is 4.17. The lowest BCUT2D eigenvalue weighted by atomic mass is 10.2. The highest BCUT2D eigenvalue weighted by Gasteiger charge is 2.19. The minimum atomic E-state index is -0.302. The van der Waals surface area contributed by atoms with Crippen molar-refractivity contribution >= 4 is 17.3 Å².